The van der Waals surface area contributed by atoms with Gasteiger partial charge in [0.2, 0.25) is 0 Å². The van der Waals surface area contributed by atoms with E-state index in [4.69, 9.17) is 5.11 Å². The molecule has 82 valence electrons. The number of aromatic nitrogens is 1. The molecule has 1 aromatic heterocycles. The molecule has 0 fully saturated rings. The molecule has 1 N–H and O–H groups in total. The maximum Gasteiger partial charge on any atom is 0.308 e. The number of carboxylic acids is 1. The van der Waals surface area contributed by atoms with Crippen molar-refractivity contribution in [2.75, 3.05) is 0 Å². The molecule has 0 radical (unpaired) electrons. The standard InChI is InChI=1S/C10H12INO2S/c1-7(15-11)9(10(13)14)6-8-4-2-3-5-12-8/h2-5,7,9H,6H2,1H3,(H,13,14)/t7?,9-/m1/s1. The van der Waals surface area contributed by atoms with Crippen LogP contribution in [0.3, 0.4) is 0 Å². The average Bonchev–Trinajstić information content (AvgIpc) is 2.26. The van der Waals surface area contributed by atoms with Gasteiger partial charge in [0.15, 0.2) is 0 Å². The third-order valence-electron chi connectivity index (χ3n) is 2.18. The van der Waals surface area contributed by atoms with Gasteiger partial charge in [0.1, 0.15) is 0 Å². The summed E-state index contributed by atoms with van der Waals surface area (Å²) < 4.78 is 0. The molecule has 0 saturated heterocycles. The molecule has 15 heavy (non-hydrogen) atoms. The van der Waals surface area contributed by atoms with Crippen LogP contribution in [0.15, 0.2) is 24.4 Å². The Morgan fingerprint density at radius 2 is 2.40 bits per heavy atom. The highest BCUT2D eigenvalue weighted by molar-refractivity contribution is 14.2. The molecular formula is C10H12INO2S. The Balaban J connectivity index is 2.71. The molecule has 1 rings (SSSR count). The molecule has 0 spiro atoms. The van der Waals surface area contributed by atoms with E-state index in [0.717, 1.165) is 5.69 Å². The van der Waals surface area contributed by atoms with Gasteiger partial charge in [-0.25, -0.2) is 0 Å². The Labute approximate surface area is 105 Å². The van der Waals surface area contributed by atoms with Gasteiger partial charge in [-0.05, 0) is 33.3 Å². The summed E-state index contributed by atoms with van der Waals surface area (Å²) in [5, 5.41) is 9.18. The lowest BCUT2D eigenvalue weighted by atomic mass is 10.00. The van der Waals surface area contributed by atoms with Crippen LogP contribution in [0, 0.1) is 5.92 Å². The normalized spacial score (nSPS) is 14.5. The van der Waals surface area contributed by atoms with Crippen molar-refractivity contribution in [3.8, 4) is 0 Å². The first-order valence-corrected chi connectivity index (χ1v) is 7.97. The van der Waals surface area contributed by atoms with E-state index in [0.29, 0.717) is 6.42 Å². The quantitative estimate of drug-likeness (QED) is 0.840. The van der Waals surface area contributed by atoms with Crippen molar-refractivity contribution in [1.29, 1.82) is 0 Å². The van der Waals surface area contributed by atoms with E-state index in [9.17, 15) is 4.79 Å². The van der Waals surface area contributed by atoms with Crippen LogP contribution in [0.4, 0.5) is 0 Å². The molecule has 2 atom stereocenters. The summed E-state index contributed by atoms with van der Waals surface area (Å²) in [5.41, 5.74) is 0.835. The number of aliphatic carboxylic acids is 1. The molecule has 0 aliphatic carbocycles. The van der Waals surface area contributed by atoms with Crippen LogP contribution in [-0.4, -0.2) is 21.3 Å². The zero-order valence-electron chi connectivity index (χ0n) is 8.26. The van der Waals surface area contributed by atoms with Gasteiger partial charge in [-0.3, -0.25) is 9.78 Å². The van der Waals surface area contributed by atoms with E-state index < -0.39 is 5.97 Å². The van der Waals surface area contributed by atoms with Crippen LogP contribution in [0.1, 0.15) is 12.6 Å². The number of hydrogen-bond acceptors (Lipinski definition) is 3. The van der Waals surface area contributed by atoms with E-state index in [2.05, 4.69) is 26.2 Å². The van der Waals surface area contributed by atoms with Gasteiger partial charge < -0.3 is 5.11 Å². The summed E-state index contributed by atoms with van der Waals surface area (Å²) in [6.45, 7) is 1.93. The first-order valence-electron chi connectivity index (χ1n) is 4.55. The number of carbonyl (C=O) groups is 1. The zero-order chi connectivity index (χ0) is 11.3. The van der Waals surface area contributed by atoms with Crippen molar-refractivity contribution >= 4 is 36.1 Å². The molecule has 3 nitrogen and oxygen atoms in total. The summed E-state index contributed by atoms with van der Waals surface area (Å²) in [4.78, 5) is 15.2. The largest absolute Gasteiger partial charge is 0.481 e. The van der Waals surface area contributed by atoms with Gasteiger partial charge in [0.25, 0.3) is 0 Å². The minimum Gasteiger partial charge on any atom is -0.481 e. The van der Waals surface area contributed by atoms with Crippen molar-refractivity contribution in [2.45, 2.75) is 18.6 Å². The second-order valence-electron chi connectivity index (χ2n) is 3.26. The number of carboxylic acid groups (broad SMARTS) is 1. The Hall–Kier alpha value is -0.300. The van der Waals surface area contributed by atoms with E-state index in [1.807, 2.05) is 25.1 Å². The van der Waals surface area contributed by atoms with Crippen LogP contribution in [-0.2, 0) is 11.2 Å². The first kappa shape index (κ1) is 12.8. The lowest BCUT2D eigenvalue weighted by Crippen LogP contribution is -2.25. The fraction of sp³-hybridized carbons (Fsp3) is 0.400. The lowest BCUT2D eigenvalue weighted by molar-refractivity contribution is -0.141. The minimum atomic E-state index is -0.752. The summed E-state index contributed by atoms with van der Waals surface area (Å²) in [5.74, 6) is -1.13. The van der Waals surface area contributed by atoms with Crippen molar-refractivity contribution in [3.63, 3.8) is 0 Å². The Morgan fingerprint density at radius 3 is 2.87 bits per heavy atom. The van der Waals surface area contributed by atoms with Crippen LogP contribution < -0.4 is 0 Å². The van der Waals surface area contributed by atoms with Crippen molar-refractivity contribution in [1.82, 2.24) is 4.98 Å². The predicted molar refractivity (Wildman–Crippen MR) is 70.1 cm³/mol. The van der Waals surface area contributed by atoms with Crippen LogP contribution in [0.5, 0.6) is 0 Å². The maximum atomic E-state index is 11.1. The summed E-state index contributed by atoms with van der Waals surface area (Å²) in [6, 6.07) is 5.57. The molecule has 1 aromatic rings. The average molecular weight is 337 g/mol. The summed E-state index contributed by atoms with van der Waals surface area (Å²) >= 11 is 2.14. The Kier molecular flexibility index (Phi) is 5.38. The molecule has 0 bridgehead atoms. The van der Waals surface area contributed by atoms with Gasteiger partial charge in [-0.2, -0.15) is 0 Å². The number of halogens is 1. The van der Waals surface area contributed by atoms with Gasteiger partial charge >= 0.3 is 5.97 Å². The number of pyridine rings is 1. The third kappa shape index (κ3) is 3.98. The molecule has 0 amide bonds. The number of hydrogen-bond donors (Lipinski definition) is 1. The Morgan fingerprint density at radius 1 is 1.67 bits per heavy atom. The molecule has 1 unspecified atom stereocenters. The van der Waals surface area contributed by atoms with Crippen LogP contribution in [0.2, 0.25) is 0 Å². The van der Waals surface area contributed by atoms with Gasteiger partial charge in [0.05, 0.1) is 5.92 Å². The van der Waals surface area contributed by atoms with Crippen molar-refractivity contribution in [2.24, 2.45) is 5.92 Å². The summed E-state index contributed by atoms with van der Waals surface area (Å²) in [7, 11) is 1.54. The van der Waals surface area contributed by atoms with Crippen LogP contribution in [0.25, 0.3) is 0 Å². The minimum absolute atomic E-state index is 0.0881. The third-order valence-corrected chi connectivity index (χ3v) is 5.20. The second-order valence-corrected chi connectivity index (χ2v) is 5.71. The van der Waals surface area contributed by atoms with Crippen LogP contribution >= 0.6 is 30.1 Å². The second kappa shape index (κ2) is 6.32. The van der Waals surface area contributed by atoms with Gasteiger partial charge in [-0.15, -0.1) is 0 Å². The van der Waals surface area contributed by atoms with Gasteiger partial charge in [-0.1, -0.05) is 21.9 Å². The van der Waals surface area contributed by atoms with E-state index in [1.54, 1.807) is 15.1 Å². The van der Waals surface area contributed by atoms with Crippen molar-refractivity contribution < 1.29 is 9.90 Å². The molecule has 0 aromatic carbocycles. The summed E-state index contributed by atoms with van der Waals surface area (Å²) in [6.07, 6.45) is 2.18. The highest BCUT2D eigenvalue weighted by Crippen LogP contribution is 2.27. The smallest absolute Gasteiger partial charge is 0.308 e. The maximum absolute atomic E-state index is 11.1. The van der Waals surface area contributed by atoms with E-state index in [-0.39, 0.29) is 11.2 Å². The molecule has 5 heteroatoms. The van der Waals surface area contributed by atoms with Gasteiger partial charge in [0, 0.05) is 23.6 Å². The van der Waals surface area contributed by atoms with E-state index >= 15 is 0 Å². The first-order chi connectivity index (χ1) is 7.15. The van der Waals surface area contributed by atoms with Crippen molar-refractivity contribution in [3.05, 3.63) is 30.1 Å². The topological polar surface area (TPSA) is 50.2 Å². The molecule has 0 saturated carbocycles. The molecular weight excluding hydrogens is 325 g/mol. The molecule has 0 aliphatic heterocycles. The predicted octanol–water partition coefficient (Wildman–Crippen LogP) is 2.80. The SMILES string of the molecule is CC(SI)[C@@H](Cc1ccccn1)C(=O)O. The molecule has 1 heterocycles. The Bertz CT molecular complexity index is 320. The lowest BCUT2D eigenvalue weighted by Gasteiger charge is -2.16. The number of nitrogens with zero attached hydrogens (tertiary/aromatic N) is 1. The van der Waals surface area contributed by atoms with E-state index in [1.165, 1.54) is 0 Å². The highest BCUT2D eigenvalue weighted by Gasteiger charge is 2.25. The molecule has 0 aliphatic rings. The zero-order valence-corrected chi connectivity index (χ0v) is 11.2. The monoisotopic (exact) mass is 337 g/mol. The highest BCUT2D eigenvalue weighted by atomic mass is 127. The fourth-order valence-electron chi connectivity index (χ4n) is 1.26. The number of rotatable bonds is 5. The fourth-order valence-corrected chi connectivity index (χ4v) is 2.66.